The maximum atomic E-state index is 5.79. The zero-order valence-corrected chi connectivity index (χ0v) is 12.1. The number of aromatic nitrogens is 3. The second kappa shape index (κ2) is 5.73. The van der Waals surface area contributed by atoms with Crippen LogP contribution in [-0.2, 0) is 0 Å². The Morgan fingerprint density at radius 2 is 1.50 bits per heavy atom. The maximum absolute atomic E-state index is 5.79. The third-order valence-electron chi connectivity index (χ3n) is 3.11. The first-order valence-corrected chi connectivity index (χ1v) is 7.01. The highest BCUT2D eigenvalue weighted by Gasteiger charge is 2.08. The Morgan fingerprint density at radius 3 is 2.10 bits per heavy atom. The van der Waals surface area contributed by atoms with E-state index in [9.17, 15) is 0 Å². The zero-order valence-electron chi connectivity index (χ0n) is 10.6. The van der Waals surface area contributed by atoms with Crippen molar-refractivity contribution in [2.75, 3.05) is 0 Å². The van der Waals surface area contributed by atoms with Gasteiger partial charge in [-0.3, -0.25) is 0 Å². The summed E-state index contributed by atoms with van der Waals surface area (Å²) in [7, 11) is 0. The molecule has 0 atom stereocenters. The Labute approximate surface area is 127 Å². The molecule has 100 valence electrons. The van der Waals surface area contributed by atoms with Crippen molar-refractivity contribution < 1.29 is 0 Å². The van der Waals surface area contributed by atoms with E-state index in [0.29, 0.717) is 5.82 Å². The predicted octanol–water partition coefficient (Wildman–Crippen LogP) is 4.58. The van der Waals surface area contributed by atoms with Crippen LogP contribution >= 0.6 is 23.2 Å². The molecule has 0 saturated heterocycles. The molecule has 0 unspecified atom stereocenters. The van der Waals surface area contributed by atoms with E-state index in [1.54, 1.807) is 0 Å². The molecule has 0 saturated carbocycles. The molecule has 0 bridgehead atoms. The molecular weight excluding hydrogens is 293 g/mol. The van der Waals surface area contributed by atoms with Gasteiger partial charge in [-0.25, -0.2) is 0 Å². The highest BCUT2D eigenvalue weighted by atomic mass is 35.5. The van der Waals surface area contributed by atoms with Gasteiger partial charge >= 0.3 is 0 Å². The number of hydrogen-bond acceptors (Lipinski definition) is 3. The smallest absolute Gasteiger partial charge is 0.198 e. The molecule has 1 aromatic heterocycles. The molecule has 0 fully saturated rings. The summed E-state index contributed by atoms with van der Waals surface area (Å²) in [5, 5.41) is 0.202. The van der Waals surface area contributed by atoms with Crippen LogP contribution in [0.25, 0.3) is 17.0 Å². The summed E-state index contributed by atoms with van der Waals surface area (Å²) < 4.78 is 0. The van der Waals surface area contributed by atoms with Gasteiger partial charge in [-0.1, -0.05) is 42.5 Å². The van der Waals surface area contributed by atoms with Crippen LogP contribution in [-0.4, -0.2) is 15.0 Å². The van der Waals surface area contributed by atoms with Crippen LogP contribution in [0.15, 0.2) is 42.5 Å². The minimum Gasteiger partial charge on any atom is -0.198 e. The molecule has 0 radical (unpaired) electrons. The van der Waals surface area contributed by atoms with Crippen LogP contribution in [0.5, 0.6) is 0 Å². The van der Waals surface area contributed by atoms with Crippen molar-refractivity contribution in [1.29, 1.82) is 0 Å². The standard InChI is InChI=1S/C15H11Cl2N3/c16-14-18-13(19-15(17)20-14)12-8-6-11(7-9-12)10-4-2-1-3-5-10/h1-2,4,6-9H,3,5H2. The fourth-order valence-electron chi connectivity index (χ4n) is 2.13. The molecule has 2 aromatic rings. The molecule has 0 aliphatic heterocycles. The third-order valence-corrected chi connectivity index (χ3v) is 3.45. The van der Waals surface area contributed by atoms with Crippen LogP contribution in [0, 0.1) is 0 Å². The van der Waals surface area contributed by atoms with E-state index >= 15 is 0 Å². The molecule has 3 rings (SSSR count). The predicted molar refractivity (Wildman–Crippen MR) is 81.6 cm³/mol. The average molecular weight is 304 g/mol. The summed E-state index contributed by atoms with van der Waals surface area (Å²) in [6, 6.07) is 8.06. The lowest BCUT2D eigenvalue weighted by Crippen LogP contribution is -1.94. The normalized spacial score (nSPS) is 14.2. The van der Waals surface area contributed by atoms with Crippen molar-refractivity contribution in [2.45, 2.75) is 12.8 Å². The molecule has 20 heavy (non-hydrogen) atoms. The number of benzene rings is 1. The highest BCUT2D eigenvalue weighted by Crippen LogP contribution is 2.26. The SMILES string of the molecule is Clc1nc(Cl)nc(-c2ccc(C3=CC=CCC3)cc2)n1. The molecule has 0 amide bonds. The Morgan fingerprint density at radius 1 is 0.850 bits per heavy atom. The van der Waals surface area contributed by atoms with Crippen LogP contribution < -0.4 is 0 Å². The average Bonchev–Trinajstić information content (AvgIpc) is 2.47. The van der Waals surface area contributed by atoms with E-state index in [1.807, 2.05) is 12.1 Å². The number of rotatable bonds is 2. The number of nitrogens with zero attached hydrogens (tertiary/aromatic N) is 3. The molecule has 1 aromatic carbocycles. The van der Waals surface area contributed by atoms with Crippen LogP contribution in [0.2, 0.25) is 10.6 Å². The van der Waals surface area contributed by atoms with Gasteiger partial charge in [0.05, 0.1) is 0 Å². The monoisotopic (exact) mass is 303 g/mol. The lowest BCUT2D eigenvalue weighted by Gasteiger charge is -2.09. The van der Waals surface area contributed by atoms with Crippen LogP contribution in [0.3, 0.4) is 0 Å². The van der Waals surface area contributed by atoms with Crippen molar-refractivity contribution in [3.63, 3.8) is 0 Å². The van der Waals surface area contributed by atoms with E-state index in [1.165, 1.54) is 11.1 Å². The Balaban J connectivity index is 1.93. The van der Waals surface area contributed by atoms with Gasteiger partial charge in [0.25, 0.3) is 0 Å². The van der Waals surface area contributed by atoms with E-state index in [-0.39, 0.29) is 10.6 Å². The first-order chi connectivity index (χ1) is 9.72. The minimum atomic E-state index is 0.101. The number of hydrogen-bond donors (Lipinski definition) is 0. The molecule has 0 spiro atoms. The molecule has 3 nitrogen and oxygen atoms in total. The fourth-order valence-corrected chi connectivity index (χ4v) is 2.50. The summed E-state index contributed by atoms with van der Waals surface area (Å²) in [5.74, 6) is 0.485. The van der Waals surface area contributed by atoms with Gasteiger partial charge in [-0.05, 0) is 47.2 Å². The summed E-state index contributed by atoms with van der Waals surface area (Å²) >= 11 is 11.6. The quantitative estimate of drug-likeness (QED) is 0.815. The molecular formula is C15H11Cl2N3. The Bertz CT molecular complexity index is 671. The minimum absolute atomic E-state index is 0.101. The van der Waals surface area contributed by atoms with Gasteiger partial charge in [-0.15, -0.1) is 0 Å². The fraction of sp³-hybridized carbons (Fsp3) is 0.133. The van der Waals surface area contributed by atoms with Crippen molar-refractivity contribution in [3.05, 3.63) is 58.6 Å². The van der Waals surface area contributed by atoms with Gasteiger partial charge in [0.1, 0.15) is 0 Å². The van der Waals surface area contributed by atoms with E-state index in [2.05, 4.69) is 45.3 Å². The highest BCUT2D eigenvalue weighted by molar-refractivity contribution is 6.31. The molecule has 1 heterocycles. The van der Waals surface area contributed by atoms with Gasteiger partial charge < -0.3 is 0 Å². The van der Waals surface area contributed by atoms with Gasteiger partial charge in [0.2, 0.25) is 10.6 Å². The second-order valence-corrected chi connectivity index (χ2v) is 5.11. The summed E-state index contributed by atoms with van der Waals surface area (Å²) in [4.78, 5) is 11.9. The van der Waals surface area contributed by atoms with Crippen molar-refractivity contribution in [2.24, 2.45) is 0 Å². The largest absolute Gasteiger partial charge is 0.227 e. The maximum Gasteiger partial charge on any atom is 0.227 e. The molecule has 1 aliphatic rings. The van der Waals surface area contributed by atoms with Crippen LogP contribution in [0.1, 0.15) is 18.4 Å². The van der Waals surface area contributed by atoms with Crippen molar-refractivity contribution in [3.8, 4) is 11.4 Å². The van der Waals surface area contributed by atoms with Gasteiger partial charge in [-0.2, -0.15) is 15.0 Å². The Hall–Kier alpha value is -1.71. The summed E-state index contributed by atoms with van der Waals surface area (Å²) in [6.45, 7) is 0. The number of allylic oxidation sites excluding steroid dienone is 4. The van der Waals surface area contributed by atoms with E-state index < -0.39 is 0 Å². The third kappa shape index (κ3) is 2.89. The molecule has 0 N–H and O–H groups in total. The lowest BCUT2D eigenvalue weighted by atomic mass is 9.96. The van der Waals surface area contributed by atoms with Crippen molar-refractivity contribution in [1.82, 2.24) is 15.0 Å². The van der Waals surface area contributed by atoms with Crippen molar-refractivity contribution >= 4 is 28.8 Å². The van der Waals surface area contributed by atoms with E-state index in [0.717, 1.165) is 18.4 Å². The molecule has 1 aliphatic carbocycles. The zero-order chi connectivity index (χ0) is 13.9. The number of halogens is 2. The first kappa shape index (κ1) is 13.3. The molecule has 5 heteroatoms. The summed E-state index contributed by atoms with van der Waals surface area (Å²) in [6.07, 6.45) is 8.58. The second-order valence-electron chi connectivity index (χ2n) is 4.43. The Kier molecular flexibility index (Phi) is 3.81. The lowest BCUT2D eigenvalue weighted by molar-refractivity contribution is 1.05. The van der Waals surface area contributed by atoms with Crippen LogP contribution in [0.4, 0.5) is 0 Å². The van der Waals surface area contributed by atoms with Gasteiger partial charge in [0, 0.05) is 5.56 Å². The summed E-state index contributed by atoms with van der Waals surface area (Å²) in [5.41, 5.74) is 3.42. The topological polar surface area (TPSA) is 38.7 Å². The van der Waals surface area contributed by atoms with Gasteiger partial charge in [0.15, 0.2) is 5.82 Å². The first-order valence-electron chi connectivity index (χ1n) is 6.26. The van der Waals surface area contributed by atoms with E-state index in [4.69, 9.17) is 23.2 Å².